The van der Waals surface area contributed by atoms with Gasteiger partial charge in [0, 0.05) is 18.7 Å². The van der Waals surface area contributed by atoms with Crippen LogP contribution in [0.5, 0.6) is 0 Å². The third-order valence-electron chi connectivity index (χ3n) is 2.58. The zero-order valence-corrected chi connectivity index (χ0v) is 12.0. The van der Waals surface area contributed by atoms with Crippen molar-refractivity contribution in [2.45, 2.75) is 26.7 Å². The van der Waals surface area contributed by atoms with Gasteiger partial charge in [-0.3, -0.25) is 9.59 Å². The van der Waals surface area contributed by atoms with E-state index in [-0.39, 0.29) is 11.7 Å². The molecule has 0 spiro atoms. The molecule has 2 N–H and O–H groups in total. The Morgan fingerprint density at radius 3 is 2.63 bits per heavy atom. The molecule has 0 fully saturated rings. The van der Waals surface area contributed by atoms with E-state index in [9.17, 15) is 9.59 Å². The Hall–Kier alpha value is -1.43. The number of amides is 1. The van der Waals surface area contributed by atoms with Crippen LogP contribution < -0.4 is 5.32 Å². The van der Waals surface area contributed by atoms with E-state index >= 15 is 0 Å². The zero-order chi connectivity index (χ0) is 14.3. The first-order valence-electron chi connectivity index (χ1n) is 6.27. The number of aryl methyl sites for hydroxylation is 2. The highest BCUT2D eigenvalue weighted by atomic mass is 32.2. The van der Waals surface area contributed by atoms with E-state index in [4.69, 9.17) is 9.52 Å². The van der Waals surface area contributed by atoms with Crippen LogP contribution in [-0.4, -0.2) is 35.0 Å². The van der Waals surface area contributed by atoms with Crippen molar-refractivity contribution in [1.82, 2.24) is 5.32 Å². The maximum absolute atomic E-state index is 11.8. The monoisotopic (exact) mass is 285 g/mol. The molecule has 1 amide bonds. The second kappa shape index (κ2) is 7.89. The molecule has 0 unspecified atom stereocenters. The van der Waals surface area contributed by atoms with Gasteiger partial charge in [-0.2, -0.15) is 0 Å². The number of rotatable bonds is 8. The van der Waals surface area contributed by atoms with Crippen molar-refractivity contribution in [2.75, 3.05) is 18.1 Å². The number of aliphatic carboxylic acids is 1. The van der Waals surface area contributed by atoms with E-state index in [2.05, 4.69) is 5.32 Å². The van der Waals surface area contributed by atoms with Gasteiger partial charge in [0.05, 0.1) is 5.75 Å². The highest BCUT2D eigenvalue weighted by Gasteiger charge is 2.14. The number of furan rings is 1. The van der Waals surface area contributed by atoms with Gasteiger partial charge in [0.1, 0.15) is 5.76 Å². The first-order valence-corrected chi connectivity index (χ1v) is 7.43. The van der Waals surface area contributed by atoms with Gasteiger partial charge in [0.15, 0.2) is 5.76 Å². The van der Waals surface area contributed by atoms with Crippen LogP contribution in [0, 0.1) is 0 Å². The minimum absolute atomic E-state index is 0.0522. The van der Waals surface area contributed by atoms with E-state index in [1.165, 1.54) is 11.8 Å². The zero-order valence-electron chi connectivity index (χ0n) is 11.2. The molecule has 0 aliphatic carbocycles. The third kappa shape index (κ3) is 4.98. The first-order chi connectivity index (χ1) is 9.08. The molecule has 0 atom stereocenters. The maximum Gasteiger partial charge on any atom is 0.313 e. The third-order valence-corrected chi connectivity index (χ3v) is 3.52. The highest BCUT2D eigenvalue weighted by Crippen LogP contribution is 2.16. The minimum atomic E-state index is -0.845. The summed E-state index contributed by atoms with van der Waals surface area (Å²) in [5, 5.41) is 11.2. The summed E-state index contributed by atoms with van der Waals surface area (Å²) in [6.45, 7) is 4.44. The Kier molecular flexibility index (Phi) is 6.49. The van der Waals surface area contributed by atoms with Crippen LogP contribution in [-0.2, 0) is 17.6 Å². The molecule has 0 radical (unpaired) electrons. The van der Waals surface area contributed by atoms with Gasteiger partial charge in [0.2, 0.25) is 0 Å². The van der Waals surface area contributed by atoms with Gasteiger partial charge in [0.25, 0.3) is 5.91 Å². The fourth-order valence-electron chi connectivity index (χ4n) is 1.66. The molecule has 1 aromatic heterocycles. The van der Waals surface area contributed by atoms with Crippen LogP contribution in [0.15, 0.2) is 10.5 Å². The molecule has 6 heteroatoms. The molecule has 1 aromatic rings. The molecule has 0 aromatic carbocycles. The van der Waals surface area contributed by atoms with E-state index < -0.39 is 5.97 Å². The van der Waals surface area contributed by atoms with Crippen LogP contribution in [0.1, 0.15) is 35.7 Å². The number of hydrogen-bond donors (Lipinski definition) is 2. The van der Waals surface area contributed by atoms with Crippen molar-refractivity contribution in [3.05, 3.63) is 23.2 Å². The van der Waals surface area contributed by atoms with E-state index in [1.54, 1.807) is 6.07 Å². The number of thioether (sulfide) groups is 1. The second-order valence-electron chi connectivity index (χ2n) is 3.97. The molecule has 106 valence electrons. The summed E-state index contributed by atoms with van der Waals surface area (Å²) in [5.41, 5.74) is 1.06. The first kappa shape index (κ1) is 15.6. The van der Waals surface area contributed by atoms with Crippen molar-refractivity contribution in [2.24, 2.45) is 0 Å². The van der Waals surface area contributed by atoms with Crippen molar-refractivity contribution >= 4 is 23.6 Å². The SMILES string of the molecule is CCc1cc(C(=O)NCCSCC(=O)O)oc1CC. The van der Waals surface area contributed by atoms with Gasteiger partial charge >= 0.3 is 5.97 Å². The van der Waals surface area contributed by atoms with E-state index in [1.807, 2.05) is 13.8 Å². The Bertz CT molecular complexity index is 420. The van der Waals surface area contributed by atoms with E-state index in [0.29, 0.717) is 18.1 Å². The fraction of sp³-hybridized carbons (Fsp3) is 0.538. The van der Waals surface area contributed by atoms with E-state index in [0.717, 1.165) is 24.2 Å². The quantitative estimate of drug-likeness (QED) is 0.714. The average Bonchev–Trinajstić information content (AvgIpc) is 2.81. The summed E-state index contributed by atoms with van der Waals surface area (Å²) in [4.78, 5) is 22.1. The van der Waals surface area contributed by atoms with Crippen molar-refractivity contribution in [3.63, 3.8) is 0 Å². The Morgan fingerprint density at radius 2 is 2.11 bits per heavy atom. The molecule has 1 rings (SSSR count). The highest BCUT2D eigenvalue weighted by molar-refractivity contribution is 7.99. The summed E-state index contributed by atoms with van der Waals surface area (Å²) < 4.78 is 5.50. The normalized spacial score (nSPS) is 10.4. The standard InChI is InChI=1S/C13H19NO4S/c1-3-9-7-11(18-10(9)4-2)13(17)14-5-6-19-8-12(15)16/h7H,3-6,8H2,1-2H3,(H,14,17)(H,15,16). The van der Waals surface area contributed by atoms with Crippen LogP contribution in [0.4, 0.5) is 0 Å². The summed E-state index contributed by atoms with van der Waals surface area (Å²) >= 11 is 1.27. The van der Waals surface area contributed by atoms with Gasteiger partial charge in [-0.1, -0.05) is 13.8 Å². The Labute approximate surface area is 116 Å². The summed E-state index contributed by atoms with van der Waals surface area (Å²) in [7, 11) is 0. The molecular formula is C13H19NO4S. The molecule has 5 nitrogen and oxygen atoms in total. The van der Waals surface area contributed by atoms with Crippen molar-refractivity contribution in [1.29, 1.82) is 0 Å². The summed E-state index contributed by atoms with van der Waals surface area (Å²) in [6.07, 6.45) is 1.61. The largest absolute Gasteiger partial charge is 0.481 e. The molecular weight excluding hydrogens is 266 g/mol. The van der Waals surface area contributed by atoms with Gasteiger partial charge < -0.3 is 14.8 Å². The molecule has 1 heterocycles. The topological polar surface area (TPSA) is 79.5 Å². The molecule has 0 bridgehead atoms. The molecule has 0 saturated heterocycles. The molecule has 19 heavy (non-hydrogen) atoms. The van der Waals surface area contributed by atoms with Crippen molar-refractivity contribution in [3.8, 4) is 0 Å². The van der Waals surface area contributed by atoms with Gasteiger partial charge in [-0.15, -0.1) is 11.8 Å². The molecule has 0 aliphatic heterocycles. The number of carbonyl (C=O) groups excluding carboxylic acids is 1. The number of hydrogen-bond acceptors (Lipinski definition) is 4. The Morgan fingerprint density at radius 1 is 1.37 bits per heavy atom. The van der Waals surface area contributed by atoms with Crippen LogP contribution in [0.25, 0.3) is 0 Å². The summed E-state index contributed by atoms with van der Waals surface area (Å²) in [5.74, 6) is 0.717. The Balaban J connectivity index is 2.41. The minimum Gasteiger partial charge on any atom is -0.481 e. The van der Waals surface area contributed by atoms with Crippen LogP contribution in [0.2, 0.25) is 0 Å². The van der Waals surface area contributed by atoms with Gasteiger partial charge in [-0.05, 0) is 18.1 Å². The number of carbonyl (C=O) groups is 2. The lowest BCUT2D eigenvalue weighted by Gasteiger charge is -2.01. The molecule has 0 saturated carbocycles. The predicted molar refractivity (Wildman–Crippen MR) is 74.8 cm³/mol. The van der Waals surface area contributed by atoms with Gasteiger partial charge in [-0.25, -0.2) is 0 Å². The lowest BCUT2D eigenvalue weighted by Crippen LogP contribution is -2.25. The second-order valence-corrected chi connectivity index (χ2v) is 5.07. The predicted octanol–water partition coefficient (Wildman–Crippen LogP) is 1.95. The average molecular weight is 285 g/mol. The lowest BCUT2D eigenvalue weighted by molar-refractivity contribution is -0.133. The lowest BCUT2D eigenvalue weighted by atomic mass is 10.1. The number of nitrogens with one attached hydrogen (secondary N) is 1. The summed E-state index contributed by atoms with van der Waals surface area (Å²) in [6, 6.07) is 1.78. The number of carboxylic acid groups (broad SMARTS) is 1. The van der Waals surface area contributed by atoms with Crippen LogP contribution >= 0.6 is 11.8 Å². The number of carboxylic acids is 1. The maximum atomic E-state index is 11.8. The smallest absolute Gasteiger partial charge is 0.313 e. The van der Waals surface area contributed by atoms with Crippen molar-refractivity contribution < 1.29 is 19.1 Å². The fourth-order valence-corrected chi connectivity index (χ4v) is 2.23. The molecule has 0 aliphatic rings. The van der Waals surface area contributed by atoms with Crippen LogP contribution in [0.3, 0.4) is 0 Å².